The number of alkyl halides is 3. The highest BCUT2D eigenvalue weighted by Gasteiger charge is 2.46. The predicted octanol–water partition coefficient (Wildman–Crippen LogP) is 2.36. The second kappa shape index (κ2) is 9.58. The van der Waals surface area contributed by atoms with Crippen LogP contribution in [-0.4, -0.2) is 60.5 Å². The van der Waals surface area contributed by atoms with Crippen molar-refractivity contribution >= 4 is 23.4 Å². The normalized spacial score (nSPS) is 26.7. The van der Waals surface area contributed by atoms with Crippen LogP contribution < -0.4 is 15.8 Å². The number of hydrogen-bond acceptors (Lipinski definition) is 5. The van der Waals surface area contributed by atoms with E-state index in [0.29, 0.717) is 12.8 Å². The molecule has 1 heterocycles. The molecule has 12 heteroatoms. The molecule has 3 rings (SSSR count). The van der Waals surface area contributed by atoms with Crippen molar-refractivity contribution in [2.75, 3.05) is 13.2 Å². The fourth-order valence-corrected chi connectivity index (χ4v) is 4.02. The number of nitrogens with one attached hydrogen (secondary N) is 1. The summed E-state index contributed by atoms with van der Waals surface area (Å²) in [6.45, 7) is -0.0972. The van der Waals surface area contributed by atoms with Crippen molar-refractivity contribution in [1.82, 2.24) is 10.2 Å². The molecule has 31 heavy (non-hydrogen) atoms. The molecule has 2 fully saturated rings. The molecule has 1 saturated heterocycles. The number of benzene rings is 1. The Morgan fingerprint density at radius 2 is 1.97 bits per heavy atom. The number of carbonyl (C=O) groups is 2. The summed E-state index contributed by atoms with van der Waals surface area (Å²) < 4.78 is 59.7. The zero-order chi connectivity index (χ0) is 22.8. The van der Waals surface area contributed by atoms with Gasteiger partial charge < -0.3 is 15.8 Å². The summed E-state index contributed by atoms with van der Waals surface area (Å²) in [5, 5.41) is 2.70. The molecule has 0 bridgehead atoms. The van der Waals surface area contributed by atoms with E-state index in [9.17, 15) is 27.2 Å². The lowest BCUT2D eigenvalue weighted by atomic mass is 9.84. The first kappa shape index (κ1) is 23.6. The maximum Gasteiger partial charge on any atom is 0.522 e. The number of carbonyl (C=O) groups excluding carboxylic acids is 2. The number of nitrogens with two attached hydrogens (primary N) is 1. The van der Waals surface area contributed by atoms with Gasteiger partial charge in [0.15, 0.2) is 6.61 Å². The Morgan fingerprint density at radius 1 is 1.26 bits per heavy atom. The number of likely N-dealkylation sites (tertiary alicyclic amines) is 1. The molecule has 0 aromatic heterocycles. The Hall–Kier alpha value is -2.11. The fourth-order valence-electron chi connectivity index (χ4n) is 3.90. The SMILES string of the molecule is NC(=O)C1CCC(NC(=O)COc2ccc(Cl)c(F)c2)CN1C1CC(OC(F)(F)F)C1. The van der Waals surface area contributed by atoms with Crippen molar-refractivity contribution in [3.8, 4) is 5.75 Å². The summed E-state index contributed by atoms with van der Waals surface area (Å²) in [4.78, 5) is 25.7. The molecule has 0 spiro atoms. The second-order valence-electron chi connectivity index (χ2n) is 7.63. The van der Waals surface area contributed by atoms with Crippen LogP contribution in [0, 0.1) is 5.82 Å². The molecule has 1 saturated carbocycles. The molecule has 2 atom stereocenters. The summed E-state index contributed by atoms with van der Waals surface area (Å²) in [6, 6.07) is 2.55. The van der Waals surface area contributed by atoms with E-state index in [1.165, 1.54) is 12.1 Å². The van der Waals surface area contributed by atoms with Gasteiger partial charge in [-0.15, -0.1) is 13.2 Å². The summed E-state index contributed by atoms with van der Waals surface area (Å²) in [7, 11) is 0. The molecular formula is C19H22ClF4N3O4. The fraction of sp³-hybridized carbons (Fsp3) is 0.579. The molecule has 3 N–H and O–H groups in total. The first-order valence-corrected chi connectivity index (χ1v) is 10.1. The molecule has 7 nitrogen and oxygen atoms in total. The van der Waals surface area contributed by atoms with E-state index in [0.717, 1.165) is 6.07 Å². The Morgan fingerprint density at radius 3 is 2.58 bits per heavy atom. The number of nitrogens with zero attached hydrogens (tertiary/aromatic N) is 1. The minimum Gasteiger partial charge on any atom is -0.484 e. The Labute approximate surface area is 180 Å². The second-order valence-corrected chi connectivity index (χ2v) is 8.04. The van der Waals surface area contributed by atoms with Crippen LogP contribution in [0.2, 0.25) is 5.02 Å². The smallest absolute Gasteiger partial charge is 0.484 e. The molecule has 1 aliphatic carbocycles. The van der Waals surface area contributed by atoms with Gasteiger partial charge >= 0.3 is 6.36 Å². The van der Waals surface area contributed by atoms with E-state index in [1.54, 1.807) is 4.90 Å². The maximum absolute atomic E-state index is 13.4. The Balaban J connectivity index is 1.51. The summed E-state index contributed by atoms with van der Waals surface area (Å²) in [5.74, 6) is -1.54. The van der Waals surface area contributed by atoms with Crippen LogP contribution in [0.5, 0.6) is 5.75 Å². The first-order chi connectivity index (χ1) is 14.5. The highest BCUT2D eigenvalue weighted by Crippen LogP contribution is 2.36. The van der Waals surface area contributed by atoms with Crippen LogP contribution in [-0.2, 0) is 14.3 Å². The number of halogens is 5. The van der Waals surface area contributed by atoms with Crippen LogP contribution in [0.25, 0.3) is 0 Å². The maximum atomic E-state index is 13.4. The van der Waals surface area contributed by atoms with E-state index in [2.05, 4.69) is 10.1 Å². The molecule has 0 radical (unpaired) electrons. The van der Waals surface area contributed by atoms with E-state index >= 15 is 0 Å². The van der Waals surface area contributed by atoms with Gasteiger partial charge in [-0.1, -0.05) is 11.6 Å². The lowest BCUT2D eigenvalue weighted by Crippen LogP contribution is -2.62. The largest absolute Gasteiger partial charge is 0.522 e. The third-order valence-corrected chi connectivity index (χ3v) is 5.72. The van der Waals surface area contributed by atoms with Crippen molar-refractivity contribution in [3.05, 3.63) is 29.0 Å². The van der Waals surface area contributed by atoms with Gasteiger partial charge in [-0.05, 0) is 37.8 Å². The summed E-state index contributed by atoms with van der Waals surface area (Å²) >= 11 is 5.59. The molecule has 1 aromatic rings. The predicted molar refractivity (Wildman–Crippen MR) is 102 cm³/mol. The standard InChI is InChI=1S/C19H22ClF4N3O4/c20-14-3-2-12(7-15(14)21)30-9-17(28)26-10-1-4-16(18(25)29)27(8-10)11-5-13(6-11)31-19(22,23)24/h2-3,7,10-11,13,16H,1,4-6,8-9H2,(H2,25,29)(H,26,28). The van der Waals surface area contributed by atoms with Gasteiger partial charge in [0.2, 0.25) is 5.91 Å². The first-order valence-electron chi connectivity index (χ1n) is 9.68. The van der Waals surface area contributed by atoms with Crippen molar-refractivity contribution in [3.63, 3.8) is 0 Å². The van der Waals surface area contributed by atoms with Gasteiger partial charge in [0.25, 0.3) is 5.91 Å². The van der Waals surface area contributed by atoms with Crippen molar-refractivity contribution < 1.29 is 36.6 Å². The number of piperidine rings is 1. The van der Waals surface area contributed by atoms with Gasteiger partial charge in [0, 0.05) is 24.7 Å². The van der Waals surface area contributed by atoms with E-state index in [1.807, 2.05) is 0 Å². The van der Waals surface area contributed by atoms with Crippen LogP contribution in [0.4, 0.5) is 17.6 Å². The monoisotopic (exact) mass is 467 g/mol. The summed E-state index contributed by atoms with van der Waals surface area (Å²) in [6.07, 6.45) is -4.58. The minimum absolute atomic E-state index is 0.0676. The quantitative estimate of drug-likeness (QED) is 0.600. The highest BCUT2D eigenvalue weighted by atomic mass is 35.5. The number of rotatable bonds is 7. The minimum atomic E-state index is -4.70. The van der Waals surface area contributed by atoms with Gasteiger partial charge in [0.1, 0.15) is 11.6 Å². The molecule has 172 valence electrons. The number of amides is 2. The molecule has 2 unspecified atom stereocenters. The van der Waals surface area contributed by atoms with Crippen LogP contribution in [0.15, 0.2) is 18.2 Å². The topological polar surface area (TPSA) is 93.9 Å². The molecular weight excluding hydrogens is 446 g/mol. The van der Waals surface area contributed by atoms with Gasteiger partial charge in [-0.2, -0.15) is 0 Å². The van der Waals surface area contributed by atoms with Gasteiger partial charge in [-0.25, -0.2) is 4.39 Å². The van der Waals surface area contributed by atoms with Gasteiger partial charge in [-0.3, -0.25) is 19.2 Å². The average Bonchev–Trinajstić information content (AvgIpc) is 2.64. The van der Waals surface area contributed by atoms with Crippen molar-refractivity contribution in [2.24, 2.45) is 5.73 Å². The van der Waals surface area contributed by atoms with Crippen LogP contribution >= 0.6 is 11.6 Å². The van der Waals surface area contributed by atoms with E-state index < -0.39 is 36.1 Å². The zero-order valence-electron chi connectivity index (χ0n) is 16.3. The Kier molecular flexibility index (Phi) is 7.28. The van der Waals surface area contributed by atoms with Crippen LogP contribution in [0.1, 0.15) is 25.7 Å². The molecule has 2 amide bonds. The number of ether oxygens (including phenoxy) is 2. The number of primary amides is 1. The zero-order valence-corrected chi connectivity index (χ0v) is 17.1. The highest BCUT2D eigenvalue weighted by molar-refractivity contribution is 6.30. The molecule has 1 aromatic carbocycles. The van der Waals surface area contributed by atoms with Crippen molar-refractivity contribution in [1.29, 1.82) is 0 Å². The van der Waals surface area contributed by atoms with E-state index in [-0.39, 0.29) is 48.8 Å². The molecule has 1 aliphatic heterocycles. The lowest BCUT2D eigenvalue weighted by Gasteiger charge is -2.48. The average molecular weight is 468 g/mol. The molecule has 2 aliphatic rings. The van der Waals surface area contributed by atoms with Crippen molar-refractivity contribution in [2.45, 2.75) is 56.3 Å². The van der Waals surface area contributed by atoms with Crippen LogP contribution in [0.3, 0.4) is 0 Å². The third kappa shape index (κ3) is 6.44. The van der Waals surface area contributed by atoms with E-state index in [4.69, 9.17) is 22.1 Å². The number of hydrogen-bond donors (Lipinski definition) is 2. The van der Waals surface area contributed by atoms with Gasteiger partial charge in [0.05, 0.1) is 17.2 Å². The summed E-state index contributed by atoms with van der Waals surface area (Å²) in [5.41, 5.74) is 5.45. The third-order valence-electron chi connectivity index (χ3n) is 5.41. The lowest BCUT2D eigenvalue weighted by molar-refractivity contribution is -0.354. The Bertz CT molecular complexity index is 820.